The Labute approximate surface area is 152 Å². The molecule has 0 bridgehead atoms. The zero-order valence-electron chi connectivity index (χ0n) is 15.0. The maximum absolute atomic E-state index is 13.3. The number of aryl methyl sites for hydroxylation is 1. The van der Waals surface area contributed by atoms with Crippen LogP contribution in [0, 0.1) is 0 Å². The van der Waals surface area contributed by atoms with Crippen molar-refractivity contribution in [2.45, 2.75) is 44.6 Å². The van der Waals surface area contributed by atoms with Crippen LogP contribution in [0.4, 0.5) is 0 Å². The van der Waals surface area contributed by atoms with Crippen molar-refractivity contribution in [2.75, 3.05) is 6.54 Å². The van der Waals surface area contributed by atoms with Gasteiger partial charge in [0, 0.05) is 12.1 Å². The number of nitrogens with zero attached hydrogens (tertiary/aromatic N) is 4. The highest BCUT2D eigenvalue weighted by Gasteiger charge is 2.42. The number of nitrogens with one attached hydrogen (secondary N) is 1. The smallest absolute Gasteiger partial charge is 0.275 e. The summed E-state index contributed by atoms with van der Waals surface area (Å²) >= 11 is 0. The van der Waals surface area contributed by atoms with Crippen LogP contribution in [0.15, 0.2) is 43.0 Å². The molecule has 134 valence electrons. The van der Waals surface area contributed by atoms with Crippen LogP contribution in [0.2, 0.25) is 0 Å². The Balaban J connectivity index is 1.61. The predicted molar refractivity (Wildman–Crippen MR) is 99.7 cm³/mol. The molecule has 1 fully saturated rings. The van der Waals surface area contributed by atoms with Crippen LogP contribution in [0.25, 0.3) is 11.2 Å². The third kappa shape index (κ3) is 2.85. The van der Waals surface area contributed by atoms with Crippen molar-refractivity contribution in [1.82, 2.24) is 24.8 Å². The molecular weight excluding hydrogens is 326 g/mol. The molecule has 1 N–H and O–H groups in total. The lowest BCUT2D eigenvalue weighted by Crippen LogP contribution is -2.47. The Morgan fingerprint density at radius 3 is 2.88 bits per heavy atom. The van der Waals surface area contributed by atoms with Gasteiger partial charge < -0.3 is 9.88 Å². The predicted octanol–water partition coefficient (Wildman–Crippen LogP) is 3.37. The van der Waals surface area contributed by atoms with E-state index in [2.05, 4.69) is 51.1 Å². The quantitative estimate of drug-likeness (QED) is 0.766. The van der Waals surface area contributed by atoms with E-state index >= 15 is 0 Å². The number of hydrogen-bond donors (Lipinski definition) is 1. The van der Waals surface area contributed by atoms with E-state index in [9.17, 15) is 4.79 Å². The van der Waals surface area contributed by atoms with Gasteiger partial charge in [-0.25, -0.2) is 15.0 Å². The fourth-order valence-corrected chi connectivity index (χ4v) is 4.14. The molecule has 1 aliphatic rings. The van der Waals surface area contributed by atoms with Crippen LogP contribution in [-0.4, -0.2) is 42.8 Å². The van der Waals surface area contributed by atoms with Crippen molar-refractivity contribution in [1.29, 1.82) is 0 Å². The van der Waals surface area contributed by atoms with E-state index < -0.39 is 0 Å². The first-order chi connectivity index (χ1) is 12.7. The van der Waals surface area contributed by atoms with Crippen LogP contribution >= 0.6 is 0 Å². The van der Waals surface area contributed by atoms with Crippen molar-refractivity contribution < 1.29 is 4.79 Å². The highest BCUT2D eigenvalue weighted by Crippen LogP contribution is 2.37. The standard InChI is InChI=1S/C20H23N5O/c1-2-20(11-9-15-7-4-3-5-8-15)10-6-12-25(20)19(26)17-16-18(23-13-21-16)24-14-22-17/h3-5,7-8,13-14H,2,6,9-12H2,1H3,(H,21,22,23,24). The lowest BCUT2D eigenvalue weighted by Gasteiger charge is -2.38. The van der Waals surface area contributed by atoms with Gasteiger partial charge in [0.05, 0.1) is 6.33 Å². The van der Waals surface area contributed by atoms with Crippen molar-refractivity contribution in [3.8, 4) is 0 Å². The summed E-state index contributed by atoms with van der Waals surface area (Å²) in [5, 5.41) is 0. The fourth-order valence-electron chi connectivity index (χ4n) is 4.14. The highest BCUT2D eigenvalue weighted by atomic mass is 16.2. The Bertz CT molecular complexity index is 907. The lowest BCUT2D eigenvalue weighted by atomic mass is 9.86. The Morgan fingerprint density at radius 1 is 1.23 bits per heavy atom. The van der Waals surface area contributed by atoms with Crippen LogP contribution in [-0.2, 0) is 6.42 Å². The van der Waals surface area contributed by atoms with Gasteiger partial charge in [0.15, 0.2) is 11.3 Å². The van der Waals surface area contributed by atoms with Gasteiger partial charge in [-0.1, -0.05) is 37.3 Å². The summed E-state index contributed by atoms with van der Waals surface area (Å²) < 4.78 is 0. The number of likely N-dealkylation sites (tertiary alicyclic amines) is 1. The molecule has 0 spiro atoms. The van der Waals surface area contributed by atoms with Crippen LogP contribution in [0.5, 0.6) is 0 Å². The van der Waals surface area contributed by atoms with Crippen molar-refractivity contribution in [3.05, 3.63) is 54.2 Å². The number of carbonyl (C=O) groups excluding carboxylic acids is 1. The molecule has 1 atom stereocenters. The van der Waals surface area contributed by atoms with Crippen LogP contribution < -0.4 is 0 Å². The second-order valence-electron chi connectivity index (χ2n) is 6.95. The Morgan fingerprint density at radius 2 is 2.08 bits per heavy atom. The van der Waals surface area contributed by atoms with Crippen molar-refractivity contribution in [2.24, 2.45) is 0 Å². The van der Waals surface area contributed by atoms with Gasteiger partial charge in [0.1, 0.15) is 11.8 Å². The second kappa shape index (κ2) is 6.86. The number of benzene rings is 1. The molecule has 1 aromatic carbocycles. The highest BCUT2D eigenvalue weighted by molar-refractivity contribution is 6.02. The topological polar surface area (TPSA) is 74.8 Å². The first-order valence-corrected chi connectivity index (χ1v) is 9.23. The zero-order valence-corrected chi connectivity index (χ0v) is 15.0. The van der Waals surface area contributed by atoms with Gasteiger partial charge in [-0.15, -0.1) is 0 Å². The maximum Gasteiger partial charge on any atom is 0.275 e. The molecule has 1 saturated heterocycles. The molecule has 1 aliphatic heterocycles. The normalized spacial score (nSPS) is 20.0. The fraction of sp³-hybridized carbons (Fsp3) is 0.400. The average molecular weight is 349 g/mol. The third-order valence-electron chi connectivity index (χ3n) is 5.65. The van der Waals surface area contributed by atoms with Gasteiger partial charge in [-0.3, -0.25) is 4.79 Å². The number of aromatic nitrogens is 4. The monoisotopic (exact) mass is 349 g/mol. The Kier molecular flexibility index (Phi) is 4.41. The van der Waals surface area contributed by atoms with E-state index in [1.165, 1.54) is 11.9 Å². The second-order valence-corrected chi connectivity index (χ2v) is 6.95. The van der Waals surface area contributed by atoms with Gasteiger partial charge >= 0.3 is 0 Å². The van der Waals surface area contributed by atoms with Gasteiger partial charge in [0.2, 0.25) is 0 Å². The Hall–Kier alpha value is -2.76. The average Bonchev–Trinajstić information content (AvgIpc) is 3.33. The molecule has 0 aliphatic carbocycles. The minimum Gasteiger partial charge on any atom is -0.341 e. The first kappa shape index (κ1) is 16.7. The van der Waals surface area contributed by atoms with E-state index in [1.54, 1.807) is 6.33 Å². The summed E-state index contributed by atoms with van der Waals surface area (Å²) in [5.74, 6) is -0.0194. The third-order valence-corrected chi connectivity index (χ3v) is 5.65. The number of aromatic amines is 1. The number of rotatable bonds is 5. The molecule has 6 nitrogen and oxygen atoms in total. The molecule has 0 saturated carbocycles. The number of hydrogen-bond acceptors (Lipinski definition) is 4. The molecule has 26 heavy (non-hydrogen) atoms. The first-order valence-electron chi connectivity index (χ1n) is 9.23. The molecule has 4 rings (SSSR count). The maximum atomic E-state index is 13.3. The van der Waals surface area contributed by atoms with Crippen LogP contribution in [0.1, 0.15) is 48.7 Å². The van der Waals surface area contributed by atoms with Gasteiger partial charge in [-0.05, 0) is 37.7 Å². The molecule has 6 heteroatoms. The minimum atomic E-state index is -0.107. The summed E-state index contributed by atoms with van der Waals surface area (Å²) in [7, 11) is 0. The van der Waals surface area contributed by atoms with E-state index in [0.717, 1.165) is 38.6 Å². The number of amides is 1. The number of carbonyl (C=O) groups is 1. The van der Waals surface area contributed by atoms with E-state index in [0.29, 0.717) is 16.9 Å². The molecule has 1 unspecified atom stereocenters. The largest absolute Gasteiger partial charge is 0.341 e. The summed E-state index contributed by atoms with van der Waals surface area (Å²) in [5.41, 5.74) is 2.79. The number of imidazole rings is 1. The molecule has 3 aromatic rings. The van der Waals surface area contributed by atoms with Crippen molar-refractivity contribution >= 4 is 17.1 Å². The molecule has 2 aromatic heterocycles. The van der Waals surface area contributed by atoms with E-state index in [-0.39, 0.29) is 11.4 Å². The summed E-state index contributed by atoms with van der Waals surface area (Å²) in [6, 6.07) is 10.5. The van der Waals surface area contributed by atoms with E-state index in [1.807, 2.05) is 11.0 Å². The lowest BCUT2D eigenvalue weighted by molar-refractivity contribution is 0.0560. The summed E-state index contributed by atoms with van der Waals surface area (Å²) in [4.78, 5) is 30.9. The zero-order chi connectivity index (χ0) is 18.0. The van der Waals surface area contributed by atoms with Crippen molar-refractivity contribution in [3.63, 3.8) is 0 Å². The summed E-state index contributed by atoms with van der Waals surface area (Å²) in [6.45, 7) is 2.96. The number of H-pyrrole nitrogens is 1. The molecular formula is C20H23N5O. The number of fused-ring (bicyclic) bond motifs is 1. The van der Waals surface area contributed by atoms with Gasteiger partial charge in [-0.2, -0.15) is 0 Å². The van der Waals surface area contributed by atoms with Crippen LogP contribution in [0.3, 0.4) is 0 Å². The minimum absolute atomic E-state index is 0.0194. The molecule has 0 radical (unpaired) electrons. The molecule has 1 amide bonds. The van der Waals surface area contributed by atoms with E-state index in [4.69, 9.17) is 0 Å². The summed E-state index contributed by atoms with van der Waals surface area (Å²) in [6.07, 6.45) is 7.94. The molecule has 3 heterocycles. The SMILES string of the molecule is CCC1(CCc2ccccc2)CCCN1C(=O)c1ncnc2nc[nH]c12. The van der Waals surface area contributed by atoms with Gasteiger partial charge in [0.25, 0.3) is 5.91 Å².